The Morgan fingerprint density at radius 1 is 1.04 bits per heavy atom. The van der Waals surface area contributed by atoms with Gasteiger partial charge in [0, 0.05) is 5.70 Å². The van der Waals surface area contributed by atoms with Crippen LogP contribution >= 0.6 is 0 Å². The summed E-state index contributed by atoms with van der Waals surface area (Å²) in [4.78, 5) is 4.27. The highest BCUT2D eigenvalue weighted by Crippen LogP contribution is 2.31. The average molecular weight is 306 g/mol. The zero-order chi connectivity index (χ0) is 15.8. The number of benzene rings is 2. The standard InChI is InChI=1S/C18H15FN4/c1-12-2-4-14(5-3-12)17-10-16(13-6-8-15(19)9-7-13)22-18-20-11-21-23(17)18/h2-11,17H,1H3,(H,20,21,22). The summed E-state index contributed by atoms with van der Waals surface area (Å²) in [7, 11) is 0. The Morgan fingerprint density at radius 2 is 1.78 bits per heavy atom. The zero-order valence-corrected chi connectivity index (χ0v) is 12.6. The number of rotatable bonds is 2. The maximum absolute atomic E-state index is 13.2. The molecule has 0 spiro atoms. The van der Waals surface area contributed by atoms with E-state index < -0.39 is 0 Å². The van der Waals surface area contributed by atoms with Crippen molar-refractivity contribution in [1.29, 1.82) is 0 Å². The van der Waals surface area contributed by atoms with Gasteiger partial charge in [0.2, 0.25) is 5.95 Å². The van der Waals surface area contributed by atoms with Gasteiger partial charge in [0.25, 0.3) is 0 Å². The van der Waals surface area contributed by atoms with E-state index in [2.05, 4.69) is 52.7 Å². The second kappa shape index (κ2) is 5.35. The minimum atomic E-state index is -0.247. The third-order valence-electron chi connectivity index (χ3n) is 3.98. The molecule has 2 heterocycles. The highest BCUT2D eigenvalue weighted by Gasteiger charge is 2.23. The van der Waals surface area contributed by atoms with Crippen molar-refractivity contribution in [2.24, 2.45) is 0 Å². The largest absolute Gasteiger partial charge is 0.324 e. The lowest BCUT2D eigenvalue weighted by Crippen LogP contribution is -2.20. The van der Waals surface area contributed by atoms with Crippen LogP contribution in [0, 0.1) is 12.7 Å². The second-order valence-corrected chi connectivity index (χ2v) is 5.60. The SMILES string of the molecule is Cc1ccc(C2C=C(c3ccc(F)cc3)Nc3ncnn32)cc1. The first-order valence-electron chi connectivity index (χ1n) is 7.41. The predicted octanol–water partition coefficient (Wildman–Crippen LogP) is 3.78. The number of fused-ring (bicyclic) bond motifs is 1. The highest BCUT2D eigenvalue weighted by atomic mass is 19.1. The van der Waals surface area contributed by atoms with Gasteiger partial charge in [-0.2, -0.15) is 10.1 Å². The summed E-state index contributed by atoms with van der Waals surface area (Å²) >= 11 is 0. The Morgan fingerprint density at radius 3 is 2.52 bits per heavy atom. The minimum absolute atomic E-state index is 0.0468. The number of aryl methyl sites for hydroxylation is 1. The number of hydrogen-bond acceptors (Lipinski definition) is 3. The lowest BCUT2D eigenvalue weighted by atomic mass is 10.0. The molecule has 0 saturated carbocycles. The fourth-order valence-corrected chi connectivity index (χ4v) is 2.73. The van der Waals surface area contributed by atoms with Crippen LogP contribution in [0.1, 0.15) is 22.7 Å². The summed E-state index contributed by atoms with van der Waals surface area (Å²) in [6.07, 6.45) is 3.62. The van der Waals surface area contributed by atoms with E-state index in [4.69, 9.17) is 0 Å². The predicted molar refractivity (Wildman–Crippen MR) is 87.3 cm³/mol. The van der Waals surface area contributed by atoms with Crippen molar-refractivity contribution in [1.82, 2.24) is 14.8 Å². The summed E-state index contributed by atoms with van der Waals surface area (Å²) in [6.45, 7) is 2.06. The van der Waals surface area contributed by atoms with Gasteiger partial charge < -0.3 is 5.32 Å². The first-order valence-corrected chi connectivity index (χ1v) is 7.41. The quantitative estimate of drug-likeness (QED) is 0.783. The van der Waals surface area contributed by atoms with Crippen LogP contribution in [0.3, 0.4) is 0 Å². The molecule has 1 aliphatic heterocycles. The van der Waals surface area contributed by atoms with Crippen molar-refractivity contribution in [2.45, 2.75) is 13.0 Å². The Hall–Kier alpha value is -2.95. The third-order valence-corrected chi connectivity index (χ3v) is 3.98. The molecule has 0 radical (unpaired) electrons. The van der Waals surface area contributed by atoms with E-state index in [1.54, 1.807) is 12.1 Å². The van der Waals surface area contributed by atoms with Crippen molar-refractivity contribution >= 4 is 11.6 Å². The summed E-state index contributed by atoms with van der Waals surface area (Å²) in [5.41, 5.74) is 4.15. The molecule has 3 aromatic rings. The maximum Gasteiger partial charge on any atom is 0.226 e. The van der Waals surface area contributed by atoms with E-state index in [1.807, 2.05) is 4.68 Å². The Kier molecular flexibility index (Phi) is 3.19. The molecule has 2 aromatic carbocycles. The normalized spacial score (nSPS) is 16.4. The third kappa shape index (κ3) is 2.50. The van der Waals surface area contributed by atoms with Crippen LogP contribution in [-0.2, 0) is 0 Å². The molecule has 1 aromatic heterocycles. The van der Waals surface area contributed by atoms with Crippen LogP contribution in [0.15, 0.2) is 60.9 Å². The van der Waals surface area contributed by atoms with Crippen LogP contribution < -0.4 is 5.32 Å². The van der Waals surface area contributed by atoms with Gasteiger partial charge in [0.05, 0.1) is 0 Å². The van der Waals surface area contributed by atoms with E-state index in [0.717, 1.165) is 16.8 Å². The van der Waals surface area contributed by atoms with E-state index >= 15 is 0 Å². The molecule has 1 atom stereocenters. The summed E-state index contributed by atoms with van der Waals surface area (Å²) < 4.78 is 15.0. The van der Waals surface area contributed by atoms with Crippen molar-refractivity contribution in [3.63, 3.8) is 0 Å². The van der Waals surface area contributed by atoms with Gasteiger partial charge in [-0.15, -0.1) is 0 Å². The number of nitrogens with zero attached hydrogens (tertiary/aromatic N) is 3. The number of nitrogens with one attached hydrogen (secondary N) is 1. The van der Waals surface area contributed by atoms with Crippen LogP contribution in [0.5, 0.6) is 0 Å². The number of hydrogen-bond donors (Lipinski definition) is 1. The Bertz CT molecular complexity index is 863. The van der Waals surface area contributed by atoms with Gasteiger partial charge in [-0.05, 0) is 48.4 Å². The summed E-state index contributed by atoms with van der Waals surface area (Å²) in [5, 5.41) is 7.57. The Balaban J connectivity index is 1.79. The molecule has 0 amide bonds. The van der Waals surface area contributed by atoms with Crippen LogP contribution in [0.25, 0.3) is 5.70 Å². The smallest absolute Gasteiger partial charge is 0.226 e. The molecule has 4 rings (SSSR count). The monoisotopic (exact) mass is 306 g/mol. The number of halogens is 1. The van der Waals surface area contributed by atoms with Crippen molar-refractivity contribution in [3.05, 3.63) is 83.4 Å². The van der Waals surface area contributed by atoms with Crippen molar-refractivity contribution < 1.29 is 4.39 Å². The van der Waals surface area contributed by atoms with Gasteiger partial charge in [0.15, 0.2) is 0 Å². The van der Waals surface area contributed by atoms with Crippen LogP contribution in [0.4, 0.5) is 10.3 Å². The second-order valence-electron chi connectivity index (χ2n) is 5.60. The molecule has 1 aliphatic rings. The van der Waals surface area contributed by atoms with Crippen molar-refractivity contribution in [2.75, 3.05) is 5.32 Å². The minimum Gasteiger partial charge on any atom is -0.324 e. The molecule has 5 heteroatoms. The molecule has 0 bridgehead atoms. The molecule has 0 aliphatic carbocycles. The van der Waals surface area contributed by atoms with E-state index in [1.165, 1.54) is 24.0 Å². The van der Waals surface area contributed by atoms with Gasteiger partial charge in [0.1, 0.15) is 18.2 Å². The summed E-state index contributed by atoms with van der Waals surface area (Å²) in [6, 6.07) is 14.7. The van der Waals surface area contributed by atoms with E-state index in [0.29, 0.717) is 5.95 Å². The van der Waals surface area contributed by atoms with Gasteiger partial charge in [-0.3, -0.25) is 0 Å². The lowest BCUT2D eigenvalue weighted by molar-refractivity contribution is 0.611. The molecule has 114 valence electrons. The molecule has 1 unspecified atom stereocenters. The number of aromatic nitrogens is 3. The Labute approximate surface area is 133 Å². The first kappa shape index (κ1) is 13.7. The van der Waals surface area contributed by atoms with E-state index in [-0.39, 0.29) is 11.9 Å². The molecule has 23 heavy (non-hydrogen) atoms. The molecule has 0 fully saturated rings. The molecule has 0 saturated heterocycles. The zero-order valence-electron chi connectivity index (χ0n) is 12.6. The fraction of sp³-hybridized carbons (Fsp3) is 0.111. The highest BCUT2D eigenvalue weighted by molar-refractivity contribution is 5.77. The van der Waals surface area contributed by atoms with Crippen LogP contribution in [0.2, 0.25) is 0 Å². The average Bonchev–Trinajstić information content (AvgIpc) is 3.04. The van der Waals surface area contributed by atoms with Crippen LogP contribution in [-0.4, -0.2) is 14.8 Å². The molecule has 1 N–H and O–H groups in total. The fourth-order valence-electron chi connectivity index (χ4n) is 2.73. The number of allylic oxidation sites excluding steroid dienone is 1. The number of anilines is 1. The lowest BCUT2D eigenvalue weighted by Gasteiger charge is -2.24. The molecular formula is C18H15FN4. The topological polar surface area (TPSA) is 42.7 Å². The van der Waals surface area contributed by atoms with Gasteiger partial charge in [-0.1, -0.05) is 29.8 Å². The summed E-state index contributed by atoms with van der Waals surface area (Å²) in [5.74, 6) is 0.431. The van der Waals surface area contributed by atoms with Gasteiger partial charge >= 0.3 is 0 Å². The maximum atomic E-state index is 13.2. The van der Waals surface area contributed by atoms with Crippen molar-refractivity contribution in [3.8, 4) is 0 Å². The molecular weight excluding hydrogens is 291 g/mol. The van der Waals surface area contributed by atoms with E-state index in [9.17, 15) is 4.39 Å². The first-order chi connectivity index (χ1) is 11.2. The van der Waals surface area contributed by atoms with Gasteiger partial charge in [-0.25, -0.2) is 9.07 Å². The molecule has 4 nitrogen and oxygen atoms in total.